The maximum absolute atomic E-state index is 6.58. The molecule has 0 saturated carbocycles. The maximum Gasteiger partial charge on any atom is 0.141 e. The molecule has 3 nitrogen and oxygen atoms in total. The number of para-hydroxylation sites is 1. The van der Waals surface area contributed by atoms with E-state index >= 15 is 0 Å². The summed E-state index contributed by atoms with van der Waals surface area (Å²) in [6.07, 6.45) is 11.4. The molecule has 0 spiro atoms. The summed E-state index contributed by atoms with van der Waals surface area (Å²) < 4.78 is 6.58. The van der Waals surface area contributed by atoms with Gasteiger partial charge in [-0.2, -0.15) is 0 Å². The highest BCUT2D eigenvalue weighted by Crippen LogP contribution is 2.53. The van der Waals surface area contributed by atoms with E-state index in [0.29, 0.717) is 0 Å². The Hall–Kier alpha value is -4.24. The third-order valence-corrected chi connectivity index (χ3v) is 7.75. The molecule has 0 amide bonds. The van der Waals surface area contributed by atoms with Gasteiger partial charge in [0, 0.05) is 40.2 Å². The van der Waals surface area contributed by atoms with E-state index in [1.165, 1.54) is 61.3 Å². The minimum absolute atomic E-state index is 0.0782. The Bertz CT molecular complexity index is 1760. The molecule has 4 aliphatic rings. The lowest BCUT2D eigenvalue weighted by Crippen LogP contribution is -2.42. The van der Waals surface area contributed by atoms with Crippen LogP contribution in [0.2, 0.25) is 0 Å². The first kappa shape index (κ1) is 19.1. The van der Waals surface area contributed by atoms with E-state index in [0.717, 1.165) is 17.7 Å². The lowest BCUT2D eigenvalue weighted by atomic mass is 9.79. The SMILES string of the molecule is CC1=CN2C3=C(c4ccccc4C4=CC=C(C)CN43)c3ccc4c(oc5ccccc54)c3C2C=C1. The molecule has 3 aromatic carbocycles. The summed E-state index contributed by atoms with van der Waals surface area (Å²) in [4.78, 5) is 4.98. The fraction of sp³-hybridized carbons (Fsp3) is 0.125. The zero-order valence-corrected chi connectivity index (χ0v) is 19.7. The van der Waals surface area contributed by atoms with Crippen LogP contribution in [-0.4, -0.2) is 16.3 Å². The van der Waals surface area contributed by atoms with Crippen LogP contribution in [0.15, 0.2) is 113 Å². The molecule has 0 N–H and O–H groups in total. The number of allylic oxidation sites excluding steroid dienone is 4. The number of furan rings is 1. The summed E-state index contributed by atoms with van der Waals surface area (Å²) in [7, 11) is 0. The van der Waals surface area contributed by atoms with Gasteiger partial charge in [-0.3, -0.25) is 0 Å². The lowest BCUT2D eigenvalue weighted by molar-refractivity contribution is 0.291. The largest absolute Gasteiger partial charge is 0.456 e. The van der Waals surface area contributed by atoms with Gasteiger partial charge in [-0.15, -0.1) is 0 Å². The summed E-state index contributed by atoms with van der Waals surface area (Å²) in [5.41, 5.74) is 12.2. The zero-order chi connectivity index (χ0) is 23.3. The van der Waals surface area contributed by atoms with Crippen molar-refractivity contribution in [2.45, 2.75) is 19.9 Å². The molecule has 1 atom stereocenters. The van der Waals surface area contributed by atoms with E-state index in [-0.39, 0.29) is 6.04 Å². The van der Waals surface area contributed by atoms with Crippen LogP contribution in [0.5, 0.6) is 0 Å². The Morgan fingerprint density at radius 2 is 1.66 bits per heavy atom. The van der Waals surface area contributed by atoms with Crippen molar-refractivity contribution < 1.29 is 4.42 Å². The van der Waals surface area contributed by atoms with Gasteiger partial charge in [0.05, 0.1) is 11.7 Å². The second-order valence-corrected chi connectivity index (χ2v) is 9.98. The van der Waals surface area contributed by atoms with Gasteiger partial charge < -0.3 is 14.2 Å². The Kier molecular flexibility index (Phi) is 3.64. The normalized spacial score (nSPS) is 20.1. The predicted octanol–water partition coefficient (Wildman–Crippen LogP) is 7.75. The summed E-state index contributed by atoms with van der Waals surface area (Å²) >= 11 is 0. The summed E-state index contributed by atoms with van der Waals surface area (Å²) in [5.74, 6) is 1.26. The molecule has 8 rings (SSSR count). The molecular weight excluding hydrogens is 428 g/mol. The zero-order valence-electron chi connectivity index (χ0n) is 19.7. The van der Waals surface area contributed by atoms with Crippen molar-refractivity contribution in [2.24, 2.45) is 0 Å². The van der Waals surface area contributed by atoms with Crippen molar-refractivity contribution in [1.82, 2.24) is 9.80 Å². The van der Waals surface area contributed by atoms with Crippen LogP contribution in [0.25, 0.3) is 33.2 Å². The number of rotatable bonds is 0. The van der Waals surface area contributed by atoms with Gasteiger partial charge in [-0.05, 0) is 48.8 Å². The molecule has 168 valence electrons. The number of hydrogen-bond donors (Lipinski definition) is 0. The molecule has 3 heteroatoms. The predicted molar refractivity (Wildman–Crippen MR) is 142 cm³/mol. The van der Waals surface area contributed by atoms with Gasteiger partial charge in [0.15, 0.2) is 0 Å². The topological polar surface area (TPSA) is 19.6 Å². The third kappa shape index (κ3) is 2.45. The van der Waals surface area contributed by atoms with E-state index in [2.05, 4.69) is 109 Å². The molecule has 4 aromatic rings. The van der Waals surface area contributed by atoms with E-state index in [1.807, 2.05) is 6.07 Å². The van der Waals surface area contributed by atoms with Crippen LogP contribution >= 0.6 is 0 Å². The quantitative estimate of drug-likeness (QED) is 0.272. The van der Waals surface area contributed by atoms with Crippen molar-refractivity contribution in [3.05, 3.63) is 130 Å². The van der Waals surface area contributed by atoms with Crippen LogP contribution in [0.3, 0.4) is 0 Å². The first-order chi connectivity index (χ1) is 17.2. The minimum atomic E-state index is 0.0782. The summed E-state index contributed by atoms with van der Waals surface area (Å²) in [6.45, 7) is 5.29. The first-order valence-electron chi connectivity index (χ1n) is 12.3. The Morgan fingerprint density at radius 3 is 2.57 bits per heavy atom. The highest BCUT2D eigenvalue weighted by atomic mass is 16.3. The van der Waals surface area contributed by atoms with E-state index in [4.69, 9.17) is 4.42 Å². The smallest absolute Gasteiger partial charge is 0.141 e. The van der Waals surface area contributed by atoms with Crippen LogP contribution < -0.4 is 0 Å². The summed E-state index contributed by atoms with van der Waals surface area (Å²) in [6, 6.07) is 21.9. The molecular formula is C32H24N2O. The van der Waals surface area contributed by atoms with Crippen LogP contribution in [0.1, 0.15) is 42.1 Å². The molecule has 1 aromatic heterocycles. The van der Waals surface area contributed by atoms with Crippen molar-refractivity contribution in [2.75, 3.05) is 6.54 Å². The van der Waals surface area contributed by atoms with Crippen LogP contribution in [0, 0.1) is 0 Å². The molecule has 0 saturated heterocycles. The van der Waals surface area contributed by atoms with Gasteiger partial charge in [-0.25, -0.2) is 0 Å². The highest BCUT2D eigenvalue weighted by molar-refractivity contribution is 6.08. The second-order valence-electron chi connectivity index (χ2n) is 9.98. The number of benzene rings is 3. The monoisotopic (exact) mass is 452 g/mol. The van der Waals surface area contributed by atoms with Crippen molar-refractivity contribution in [1.29, 1.82) is 0 Å². The second kappa shape index (κ2) is 6.67. The third-order valence-electron chi connectivity index (χ3n) is 7.75. The van der Waals surface area contributed by atoms with Crippen LogP contribution in [-0.2, 0) is 0 Å². The van der Waals surface area contributed by atoms with Gasteiger partial charge in [-0.1, -0.05) is 72.3 Å². The van der Waals surface area contributed by atoms with Gasteiger partial charge in [0.2, 0.25) is 0 Å². The summed E-state index contributed by atoms with van der Waals surface area (Å²) in [5, 5.41) is 2.36. The molecule has 4 aliphatic heterocycles. The molecule has 5 heterocycles. The van der Waals surface area contributed by atoms with Crippen molar-refractivity contribution in [3.8, 4) is 0 Å². The minimum Gasteiger partial charge on any atom is -0.456 e. The molecule has 0 fully saturated rings. The van der Waals surface area contributed by atoms with Gasteiger partial charge in [0.25, 0.3) is 0 Å². The average Bonchev–Trinajstić information content (AvgIpc) is 3.27. The molecule has 0 aliphatic carbocycles. The molecule has 0 bridgehead atoms. The molecule has 0 radical (unpaired) electrons. The molecule has 1 unspecified atom stereocenters. The number of fused-ring (bicyclic) bond motifs is 14. The van der Waals surface area contributed by atoms with E-state index < -0.39 is 0 Å². The van der Waals surface area contributed by atoms with Gasteiger partial charge in [0.1, 0.15) is 17.0 Å². The van der Waals surface area contributed by atoms with Crippen molar-refractivity contribution >= 4 is 33.2 Å². The average molecular weight is 453 g/mol. The fourth-order valence-electron chi connectivity index (χ4n) is 6.26. The Morgan fingerprint density at radius 1 is 0.829 bits per heavy atom. The lowest BCUT2D eigenvalue weighted by Gasteiger charge is -2.48. The number of nitrogens with zero attached hydrogens (tertiary/aromatic N) is 2. The maximum atomic E-state index is 6.58. The van der Waals surface area contributed by atoms with E-state index in [9.17, 15) is 0 Å². The highest BCUT2D eigenvalue weighted by Gasteiger charge is 2.42. The Balaban J connectivity index is 1.52. The standard InChI is InChI=1S/C32H24N2O/c1-19-11-15-26-21-7-3-4-9-23(21)29-25-14-13-24-22-8-5-6-10-28(22)35-31(24)30(25)27-16-12-20(2)18-34(27)32(29)33(26)17-19/h3-16,18,27H,17H2,1-2H3. The first-order valence-corrected chi connectivity index (χ1v) is 12.3. The fourth-order valence-corrected chi connectivity index (χ4v) is 6.26. The van der Waals surface area contributed by atoms with E-state index in [1.54, 1.807) is 0 Å². The molecule has 35 heavy (non-hydrogen) atoms. The Labute approximate surface area is 204 Å². The van der Waals surface area contributed by atoms with Crippen LogP contribution in [0.4, 0.5) is 0 Å². The van der Waals surface area contributed by atoms with Gasteiger partial charge >= 0.3 is 0 Å². The number of hydrogen-bond acceptors (Lipinski definition) is 3. The van der Waals surface area contributed by atoms with Crippen molar-refractivity contribution in [3.63, 3.8) is 0 Å².